The van der Waals surface area contributed by atoms with Crippen molar-refractivity contribution in [2.24, 2.45) is 0 Å². The number of para-hydroxylation sites is 1. The van der Waals surface area contributed by atoms with Gasteiger partial charge in [0.1, 0.15) is 11.1 Å². The van der Waals surface area contributed by atoms with Crippen LogP contribution in [0.5, 0.6) is 0 Å². The van der Waals surface area contributed by atoms with E-state index >= 15 is 0 Å². The Morgan fingerprint density at radius 2 is 1.78 bits per heavy atom. The van der Waals surface area contributed by atoms with Gasteiger partial charge in [-0.1, -0.05) is 24.3 Å². The molecule has 4 amide bonds. The number of carbonyl (C=O) groups excluding carboxylic acids is 5. The van der Waals surface area contributed by atoms with Crippen LogP contribution in [0.3, 0.4) is 0 Å². The minimum absolute atomic E-state index is 0.0215. The van der Waals surface area contributed by atoms with Crippen molar-refractivity contribution in [2.75, 3.05) is 27.9 Å². The highest BCUT2D eigenvalue weighted by Gasteiger charge is 2.40. The summed E-state index contributed by atoms with van der Waals surface area (Å²) in [5, 5.41) is 14.5. The van der Waals surface area contributed by atoms with Gasteiger partial charge in [0.25, 0.3) is 11.8 Å². The van der Waals surface area contributed by atoms with E-state index in [1.165, 1.54) is 36.0 Å². The summed E-state index contributed by atoms with van der Waals surface area (Å²) in [6, 6.07) is 23.5. The first-order valence-corrected chi connectivity index (χ1v) is 15.2. The van der Waals surface area contributed by atoms with Gasteiger partial charge in [-0.25, -0.2) is 9.69 Å². The van der Waals surface area contributed by atoms with Crippen LogP contribution < -0.4 is 21.3 Å². The lowest BCUT2D eigenvalue weighted by Gasteiger charge is -2.15. The number of thioether (sulfide) groups is 1. The van der Waals surface area contributed by atoms with Crippen LogP contribution in [0, 0.1) is 18.3 Å². The number of benzene rings is 3. The molecule has 4 N–H and O–H groups in total. The molecule has 0 aliphatic carbocycles. The minimum atomic E-state index is -0.809. The summed E-state index contributed by atoms with van der Waals surface area (Å²) in [5.74, 6) is -2.68. The Labute approximate surface area is 266 Å². The summed E-state index contributed by atoms with van der Waals surface area (Å²) in [4.78, 5) is 65.8. The number of hydrogen-bond acceptors (Lipinski definition) is 10. The zero-order valence-electron chi connectivity index (χ0n) is 23.7. The summed E-state index contributed by atoms with van der Waals surface area (Å²) in [6.45, 7) is 0.954. The fraction of sp³-hybridized carbons (Fsp3) is 0.125. The Bertz CT molecular complexity index is 1850. The summed E-state index contributed by atoms with van der Waals surface area (Å²) < 4.78 is 5.13. The maximum atomic E-state index is 13.0. The number of ether oxygens (including phenoxy) is 1. The molecule has 13 heteroatoms. The van der Waals surface area contributed by atoms with E-state index in [1.807, 2.05) is 18.2 Å². The lowest BCUT2D eigenvalue weighted by atomic mass is 10.1. The molecule has 1 aliphatic heterocycles. The van der Waals surface area contributed by atoms with Gasteiger partial charge in [0.05, 0.1) is 26.9 Å². The van der Waals surface area contributed by atoms with Gasteiger partial charge in [0, 0.05) is 22.7 Å². The number of nitrogen functional groups attached to an aromatic ring is 1. The molecule has 1 fully saturated rings. The van der Waals surface area contributed by atoms with Crippen LogP contribution >= 0.6 is 23.1 Å². The lowest BCUT2D eigenvalue weighted by molar-refractivity contribution is -0.121. The molecular weight excluding hydrogens is 615 g/mol. The molecule has 0 saturated carbocycles. The first-order chi connectivity index (χ1) is 21.6. The summed E-state index contributed by atoms with van der Waals surface area (Å²) in [6.07, 6.45) is 0.0215. The third-order valence-corrected chi connectivity index (χ3v) is 9.07. The van der Waals surface area contributed by atoms with Gasteiger partial charge in [-0.3, -0.25) is 19.2 Å². The Morgan fingerprint density at radius 1 is 1.04 bits per heavy atom. The van der Waals surface area contributed by atoms with Crippen LogP contribution in [0.15, 0.2) is 83.8 Å². The molecule has 0 spiro atoms. The quantitative estimate of drug-likeness (QED) is 0.130. The van der Waals surface area contributed by atoms with E-state index in [4.69, 9.17) is 10.5 Å². The number of anilines is 4. The molecule has 1 unspecified atom stereocenters. The largest absolute Gasteiger partial charge is 0.452 e. The molecule has 226 valence electrons. The monoisotopic (exact) mass is 639 g/mol. The van der Waals surface area contributed by atoms with Crippen molar-refractivity contribution >= 4 is 74.8 Å². The molecule has 1 aliphatic rings. The van der Waals surface area contributed by atoms with Gasteiger partial charge in [-0.15, -0.1) is 23.1 Å². The fourth-order valence-electron chi connectivity index (χ4n) is 4.51. The van der Waals surface area contributed by atoms with Crippen molar-refractivity contribution in [3.05, 3.63) is 100 Å². The van der Waals surface area contributed by atoms with Gasteiger partial charge in [-0.2, -0.15) is 5.26 Å². The smallest absolute Gasteiger partial charge is 0.338 e. The average Bonchev–Trinajstić information content (AvgIpc) is 3.49. The Morgan fingerprint density at radius 3 is 2.47 bits per heavy atom. The van der Waals surface area contributed by atoms with Crippen LogP contribution in [-0.4, -0.2) is 41.5 Å². The van der Waals surface area contributed by atoms with Gasteiger partial charge in [0.2, 0.25) is 11.8 Å². The predicted octanol–water partition coefficient (Wildman–Crippen LogP) is 4.98. The molecular formula is C32H25N5O6S2. The van der Waals surface area contributed by atoms with E-state index in [1.54, 1.807) is 49.4 Å². The van der Waals surface area contributed by atoms with Crippen molar-refractivity contribution in [1.82, 2.24) is 0 Å². The molecule has 1 saturated heterocycles. The SMILES string of the molecule is Cc1c(C(=O)Nc2ccccc2)sc(NC(=O)COC(=O)c2ccc(N3C(=O)CC(Sc4cccc(N)c4)C3=O)cc2)c1C#N. The first kappa shape index (κ1) is 31.0. The zero-order valence-corrected chi connectivity index (χ0v) is 25.4. The van der Waals surface area contributed by atoms with E-state index < -0.39 is 29.6 Å². The van der Waals surface area contributed by atoms with Crippen LogP contribution in [-0.2, 0) is 19.1 Å². The van der Waals surface area contributed by atoms with E-state index in [9.17, 15) is 29.2 Å². The highest BCUT2D eigenvalue weighted by atomic mass is 32.2. The van der Waals surface area contributed by atoms with Crippen LogP contribution in [0.2, 0.25) is 0 Å². The molecule has 1 atom stereocenters. The topological polar surface area (TPSA) is 172 Å². The standard InChI is InChI=1S/C32H25N5O6S2/c1-18-24(16-33)30(45-28(18)29(40)35-21-7-3-2-4-8-21)36-26(38)17-43-32(42)19-10-12-22(13-11-19)37-27(39)15-25(31(37)41)44-23-9-5-6-20(34)14-23/h2-14,25H,15,17,34H2,1H3,(H,35,40)(H,36,38). The number of imide groups is 1. The van der Waals surface area contributed by atoms with E-state index in [2.05, 4.69) is 10.6 Å². The normalized spacial score (nSPS) is 14.1. The molecule has 3 aromatic carbocycles. The second-order valence-corrected chi connectivity index (χ2v) is 12.1. The molecule has 0 radical (unpaired) electrons. The van der Waals surface area contributed by atoms with Crippen molar-refractivity contribution in [1.29, 1.82) is 5.26 Å². The molecule has 5 rings (SSSR count). The number of hydrogen-bond donors (Lipinski definition) is 3. The number of nitrogens with zero attached hydrogens (tertiary/aromatic N) is 2. The van der Waals surface area contributed by atoms with E-state index in [-0.39, 0.29) is 39.2 Å². The van der Waals surface area contributed by atoms with Gasteiger partial charge < -0.3 is 21.1 Å². The number of nitrogens with one attached hydrogen (secondary N) is 2. The Hall–Kier alpha value is -5.45. The number of thiophene rings is 1. The number of rotatable bonds is 9. The van der Waals surface area contributed by atoms with Crippen molar-refractivity contribution in [3.8, 4) is 6.07 Å². The number of nitriles is 1. The molecule has 2 heterocycles. The summed E-state index contributed by atoms with van der Waals surface area (Å²) >= 11 is 2.20. The summed E-state index contributed by atoms with van der Waals surface area (Å²) in [5.41, 5.74) is 7.89. The van der Waals surface area contributed by atoms with Crippen LogP contribution in [0.1, 0.15) is 37.6 Å². The van der Waals surface area contributed by atoms with Crippen LogP contribution in [0.25, 0.3) is 0 Å². The third kappa shape index (κ3) is 7.04. The Balaban J connectivity index is 1.17. The number of carbonyl (C=O) groups is 5. The third-order valence-electron chi connectivity index (χ3n) is 6.69. The highest BCUT2D eigenvalue weighted by molar-refractivity contribution is 8.00. The number of nitrogens with two attached hydrogens (primary N) is 1. The molecule has 11 nitrogen and oxygen atoms in total. The zero-order chi connectivity index (χ0) is 32.1. The molecule has 0 bridgehead atoms. The van der Waals surface area contributed by atoms with Gasteiger partial charge >= 0.3 is 5.97 Å². The second kappa shape index (κ2) is 13.5. The van der Waals surface area contributed by atoms with Gasteiger partial charge in [-0.05, 0) is 67.1 Å². The number of esters is 1. The highest BCUT2D eigenvalue weighted by Crippen LogP contribution is 2.35. The van der Waals surface area contributed by atoms with E-state index in [0.29, 0.717) is 22.6 Å². The average molecular weight is 640 g/mol. The number of amides is 4. The maximum absolute atomic E-state index is 13.0. The summed E-state index contributed by atoms with van der Waals surface area (Å²) in [7, 11) is 0. The second-order valence-electron chi connectivity index (χ2n) is 9.81. The van der Waals surface area contributed by atoms with Crippen molar-refractivity contribution in [2.45, 2.75) is 23.5 Å². The van der Waals surface area contributed by atoms with Crippen LogP contribution in [0.4, 0.5) is 22.1 Å². The maximum Gasteiger partial charge on any atom is 0.338 e. The first-order valence-electron chi connectivity index (χ1n) is 13.5. The van der Waals surface area contributed by atoms with E-state index in [0.717, 1.165) is 21.1 Å². The molecule has 4 aromatic rings. The van der Waals surface area contributed by atoms with Crippen molar-refractivity contribution < 1.29 is 28.7 Å². The molecule has 45 heavy (non-hydrogen) atoms. The Kier molecular flexibility index (Phi) is 9.27. The fourth-order valence-corrected chi connectivity index (χ4v) is 6.70. The predicted molar refractivity (Wildman–Crippen MR) is 171 cm³/mol. The van der Waals surface area contributed by atoms with Crippen molar-refractivity contribution in [3.63, 3.8) is 0 Å². The molecule has 1 aromatic heterocycles. The lowest BCUT2D eigenvalue weighted by Crippen LogP contribution is -2.31. The minimum Gasteiger partial charge on any atom is -0.452 e. The van der Waals surface area contributed by atoms with Gasteiger partial charge in [0.15, 0.2) is 6.61 Å².